The van der Waals surface area contributed by atoms with Gasteiger partial charge in [-0.1, -0.05) is 29.3 Å². The predicted molar refractivity (Wildman–Crippen MR) is 76.3 cm³/mol. The summed E-state index contributed by atoms with van der Waals surface area (Å²) in [6.45, 7) is 4.16. The molecule has 0 aliphatic heterocycles. The molecule has 2 aromatic rings. The summed E-state index contributed by atoms with van der Waals surface area (Å²) in [5.74, 6) is 0.558. The Morgan fingerprint density at radius 2 is 1.72 bits per heavy atom. The Bertz CT molecular complexity index is 546. The van der Waals surface area contributed by atoms with Gasteiger partial charge in [-0.3, -0.25) is 0 Å². The molecule has 18 heavy (non-hydrogen) atoms. The highest BCUT2D eigenvalue weighted by atomic mass is 32.2. The van der Waals surface area contributed by atoms with Crippen molar-refractivity contribution >= 4 is 17.4 Å². The minimum Gasteiger partial charge on any atom is -0.398 e. The molecule has 0 bridgehead atoms. The van der Waals surface area contributed by atoms with Crippen LogP contribution in [0, 0.1) is 19.7 Å². The molecule has 0 saturated carbocycles. The Morgan fingerprint density at radius 1 is 1.06 bits per heavy atom. The third kappa shape index (κ3) is 3.26. The van der Waals surface area contributed by atoms with Crippen molar-refractivity contribution in [1.82, 2.24) is 0 Å². The summed E-state index contributed by atoms with van der Waals surface area (Å²) < 4.78 is 13.1. The molecule has 0 fully saturated rings. The van der Waals surface area contributed by atoms with E-state index in [-0.39, 0.29) is 5.82 Å². The van der Waals surface area contributed by atoms with Crippen LogP contribution in [-0.4, -0.2) is 0 Å². The van der Waals surface area contributed by atoms with E-state index in [1.54, 1.807) is 17.8 Å². The predicted octanol–water partition coefficient (Wildman–Crippen LogP) is 4.32. The van der Waals surface area contributed by atoms with Gasteiger partial charge in [-0.25, -0.2) is 4.39 Å². The first kappa shape index (κ1) is 13.0. The van der Waals surface area contributed by atoms with Crippen LogP contribution >= 0.6 is 11.8 Å². The largest absolute Gasteiger partial charge is 0.398 e. The summed E-state index contributed by atoms with van der Waals surface area (Å²) in [6, 6.07) is 10.9. The molecule has 0 amide bonds. The number of thioether (sulfide) groups is 1. The zero-order valence-electron chi connectivity index (χ0n) is 10.5. The van der Waals surface area contributed by atoms with Gasteiger partial charge in [0.1, 0.15) is 5.82 Å². The first-order valence-corrected chi connectivity index (χ1v) is 6.78. The van der Waals surface area contributed by atoms with Crippen molar-refractivity contribution in [2.24, 2.45) is 0 Å². The SMILES string of the molecule is Cc1cc(C)cc(CSc2cc(F)ccc2N)c1. The second kappa shape index (κ2) is 5.44. The molecular weight excluding hydrogens is 245 g/mol. The second-order valence-corrected chi connectivity index (χ2v) is 5.48. The van der Waals surface area contributed by atoms with E-state index in [0.29, 0.717) is 5.69 Å². The van der Waals surface area contributed by atoms with Crippen molar-refractivity contribution in [3.05, 3.63) is 58.9 Å². The van der Waals surface area contributed by atoms with Crippen molar-refractivity contribution in [3.8, 4) is 0 Å². The molecule has 0 aromatic heterocycles. The zero-order chi connectivity index (χ0) is 13.1. The maximum atomic E-state index is 13.1. The van der Waals surface area contributed by atoms with Crippen LogP contribution in [-0.2, 0) is 5.75 Å². The summed E-state index contributed by atoms with van der Waals surface area (Å²) in [4.78, 5) is 0.800. The van der Waals surface area contributed by atoms with Crippen LogP contribution in [0.2, 0.25) is 0 Å². The number of hydrogen-bond acceptors (Lipinski definition) is 2. The Kier molecular flexibility index (Phi) is 3.92. The normalized spacial score (nSPS) is 10.6. The number of aryl methyl sites for hydroxylation is 2. The van der Waals surface area contributed by atoms with Gasteiger partial charge in [0.2, 0.25) is 0 Å². The number of benzene rings is 2. The summed E-state index contributed by atoms with van der Waals surface area (Å²) in [7, 11) is 0. The van der Waals surface area contributed by atoms with E-state index in [1.807, 2.05) is 0 Å². The summed E-state index contributed by atoms with van der Waals surface area (Å²) in [6.07, 6.45) is 0. The molecule has 0 heterocycles. The standard InChI is InChI=1S/C15H16FNS/c1-10-5-11(2)7-12(6-10)9-18-15-8-13(16)3-4-14(15)17/h3-8H,9,17H2,1-2H3. The van der Waals surface area contributed by atoms with Crippen molar-refractivity contribution in [2.75, 3.05) is 5.73 Å². The smallest absolute Gasteiger partial charge is 0.124 e. The highest BCUT2D eigenvalue weighted by Gasteiger charge is 2.03. The van der Waals surface area contributed by atoms with Crippen molar-refractivity contribution in [2.45, 2.75) is 24.5 Å². The van der Waals surface area contributed by atoms with Crippen molar-refractivity contribution in [1.29, 1.82) is 0 Å². The third-order valence-electron chi connectivity index (χ3n) is 2.65. The summed E-state index contributed by atoms with van der Waals surface area (Å²) in [5, 5.41) is 0. The fourth-order valence-electron chi connectivity index (χ4n) is 1.95. The van der Waals surface area contributed by atoms with Gasteiger partial charge in [-0.15, -0.1) is 11.8 Å². The third-order valence-corrected chi connectivity index (χ3v) is 3.79. The number of anilines is 1. The maximum Gasteiger partial charge on any atom is 0.124 e. The van der Waals surface area contributed by atoms with E-state index in [1.165, 1.54) is 28.8 Å². The molecule has 0 aliphatic carbocycles. The lowest BCUT2D eigenvalue weighted by Gasteiger charge is -2.07. The first-order chi connectivity index (χ1) is 8.54. The molecular formula is C15H16FNS. The molecule has 2 N–H and O–H groups in total. The summed E-state index contributed by atoms with van der Waals surface area (Å²) in [5.41, 5.74) is 10.2. The maximum absolute atomic E-state index is 13.1. The van der Waals surface area contributed by atoms with E-state index in [4.69, 9.17) is 5.73 Å². The highest BCUT2D eigenvalue weighted by Crippen LogP contribution is 2.29. The fourth-order valence-corrected chi connectivity index (χ4v) is 2.87. The molecule has 2 rings (SSSR count). The minimum absolute atomic E-state index is 0.243. The fraction of sp³-hybridized carbons (Fsp3) is 0.200. The first-order valence-electron chi connectivity index (χ1n) is 5.79. The van der Waals surface area contributed by atoms with E-state index < -0.39 is 0 Å². The zero-order valence-corrected chi connectivity index (χ0v) is 11.4. The van der Waals surface area contributed by atoms with Crippen LogP contribution in [0.3, 0.4) is 0 Å². The number of hydrogen-bond donors (Lipinski definition) is 1. The van der Waals surface area contributed by atoms with Gasteiger partial charge >= 0.3 is 0 Å². The average molecular weight is 261 g/mol. The summed E-state index contributed by atoms with van der Waals surface area (Å²) >= 11 is 1.57. The molecule has 0 unspecified atom stereocenters. The van der Waals surface area contributed by atoms with Crippen LogP contribution in [0.1, 0.15) is 16.7 Å². The molecule has 0 spiro atoms. The quantitative estimate of drug-likeness (QED) is 0.658. The van der Waals surface area contributed by atoms with Gasteiger partial charge in [0.05, 0.1) is 0 Å². The molecule has 3 heteroatoms. The van der Waals surface area contributed by atoms with Crippen LogP contribution < -0.4 is 5.73 Å². The Morgan fingerprint density at radius 3 is 2.39 bits per heavy atom. The van der Waals surface area contributed by atoms with Gasteiger partial charge < -0.3 is 5.73 Å². The van der Waals surface area contributed by atoms with Crippen molar-refractivity contribution in [3.63, 3.8) is 0 Å². The number of rotatable bonds is 3. The lowest BCUT2D eigenvalue weighted by molar-refractivity contribution is 0.624. The van der Waals surface area contributed by atoms with Crippen LogP contribution in [0.25, 0.3) is 0 Å². The van der Waals surface area contributed by atoms with E-state index in [0.717, 1.165) is 10.6 Å². The minimum atomic E-state index is -0.243. The Hall–Kier alpha value is -1.48. The number of nitrogen functional groups attached to an aromatic ring is 1. The lowest BCUT2D eigenvalue weighted by Crippen LogP contribution is -1.91. The monoisotopic (exact) mass is 261 g/mol. The molecule has 0 atom stereocenters. The molecule has 0 saturated heterocycles. The van der Waals surface area contributed by atoms with E-state index >= 15 is 0 Å². The van der Waals surface area contributed by atoms with Gasteiger partial charge in [0, 0.05) is 16.3 Å². The van der Waals surface area contributed by atoms with Gasteiger partial charge in [-0.2, -0.15) is 0 Å². The highest BCUT2D eigenvalue weighted by molar-refractivity contribution is 7.98. The van der Waals surface area contributed by atoms with Crippen LogP contribution in [0.5, 0.6) is 0 Å². The molecule has 0 radical (unpaired) electrons. The van der Waals surface area contributed by atoms with Crippen LogP contribution in [0.15, 0.2) is 41.3 Å². The number of halogens is 1. The van der Waals surface area contributed by atoms with E-state index in [2.05, 4.69) is 32.0 Å². The van der Waals surface area contributed by atoms with Gasteiger partial charge in [-0.05, 0) is 37.6 Å². The lowest BCUT2D eigenvalue weighted by atomic mass is 10.1. The average Bonchev–Trinajstić information content (AvgIpc) is 2.29. The van der Waals surface area contributed by atoms with E-state index in [9.17, 15) is 4.39 Å². The molecule has 2 aromatic carbocycles. The topological polar surface area (TPSA) is 26.0 Å². The van der Waals surface area contributed by atoms with Crippen molar-refractivity contribution < 1.29 is 4.39 Å². The Labute approximate surface area is 111 Å². The Balaban J connectivity index is 2.13. The number of nitrogens with two attached hydrogens (primary N) is 1. The second-order valence-electron chi connectivity index (χ2n) is 4.47. The molecule has 0 aliphatic rings. The van der Waals surface area contributed by atoms with Gasteiger partial charge in [0.25, 0.3) is 0 Å². The molecule has 94 valence electrons. The van der Waals surface area contributed by atoms with Crippen LogP contribution in [0.4, 0.5) is 10.1 Å². The van der Waals surface area contributed by atoms with Gasteiger partial charge in [0.15, 0.2) is 0 Å². The molecule has 1 nitrogen and oxygen atoms in total.